The lowest BCUT2D eigenvalue weighted by Crippen LogP contribution is -2.18. The predicted octanol–water partition coefficient (Wildman–Crippen LogP) is 3.05. The van der Waals surface area contributed by atoms with E-state index in [0.717, 1.165) is 17.7 Å². The first-order valence-electron chi connectivity index (χ1n) is 5.15. The summed E-state index contributed by atoms with van der Waals surface area (Å²) < 4.78 is 36.9. The molecule has 0 saturated heterocycles. The number of nitriles is 1. The zero-order chi connectivity index (χ0) is 12.9. The normalized spacial score (nSPS) is 11.5. The van der Waals surface area contributed by atoms with Gasteiger partial charge in [0, 0.05) is 19.5 Å². The molecule has 0 aliphatic carbocycles. The quantitative estimate of drug-likeness (QED) is 0.811. The van der Waals surface area contributed by atoms with E-state index < -0.39 is 11.7 Å². The Bertz CT molecular complexity index is 390. The number of hydrogen-bond donors (Lipinski definition) is 0. The summed E-state index contributed by atoms with van der Waals surface area (Å²) in [6.45, 7) is 1.15. The lowest BCUT2D eigenvalue weighted by Gasteiger charge is -2.15. The molecule has 0 N–H and O–H groups in total. The van der Waals surface area contributed by atoms with E-state index in [2.05, 4.69) is 0 Å². The molecule has 0 amide bonds. The van der Waals surface area contributed by atoms with Gasteiger partial charge < -0.3 is 4.90 Å². The fourth-order valence-electron chi connectivity index (χ4n) is 1.43. The molecule has 1 aromatic rings. The largest absolute Gasteiger partial charge is 0.416 e. The van der Waals surface area contributed by atoms with Crippen molar-refractivity contribution >= 4 is 0 Å². The lowest BCUT2D eigenvalue weighted by atomic mass is 10.1. The van der Waals surface area contributed by atoms with Crippen molar-refractivity contribution < 1.29 is 13.2 Å². The van der Waals surface area contributed by atoms with Gasteiger partial charge in [-0.3, -0.25) is 0 Å². The first-order chi connectivity index (χ1) is 7.93. The molecule has 5 heteroatoms. The SMILES string of the molecule is CN(CCC#N)Cc1ccc(C(F)(F)F)cc1. The summed E-state index contributed by atoms with van der Waals surface area (Å²) in [7, 11) is 1.83. The molecule has 0 atom stereocenters. The van der Waals surface area contributed by atoms with Gasteiger partial charge in [-0.15, -0.1) is 0 Å². The molecule has 0 spiro atoms. The van der Waals surface area contributed by atoms with Gasteiger partial charge in [0.1, 0.15) is 0 Å². The van der Waals surface area contributed by atoms with Gasteiger partial charge in [0.2, 0.25) is 0 Å². The molecule has 0 saturated carbocycles. The Morgan fingerprint density at radius 3 is 2.29 bits per heavy atom. The maximum absolute atomic E-state index is 12.3. The highest BCUT2D eigenvalue weighted by Gasteiger charge is 2.29. The maximum atomic E-state index is 12.3. The Kier molecular flexibility index (Phi) is 4.53. The first kappa shape index (κ1) is 13.5. The molecule has 17 heavy (non-hydrogen) atoms. The average molecular weight is 242 g/mol. The zero-order valence-electron chi connectivity index (χ0n) is 9.46. The van der Waals surface area contributed by atoms with E-state index in [1.807, 2.05) is 18.0 Å². The molecule has 0 heterocycles. The Hall–Kier alpha value is -1.54. The molecule has 0 bridgehead atoms. The van der Waals surface area contributed by atoms with Gasteiger partial charge in [-0.2, -0.15) is 18.4 Å². The summed E-state index contributed by atoms with van der Waals surface area (Å²) in [5.74, 6) is 0. The van der Waals surface area contributed by atoms with Crippen molar-refractivity contribution in [2.24, 2.45) is 0 Å². The molecule has 1 rings (SSSR count). The monoisotopic (exact) mass is 242 g/mol. The Morgan fingerprint density at radius 1 is 1.24 bits per heavy atom. The van der Waals surface area contributed by atoms with Gasteiger partial charge in [0.25, 0.3) is 0 Å². The van der Waals surface area contributed by atoms with Crippen molar-refractivity contribution in [3.05, 3.63) is 35.4 Å². The van der Waals surface area contributed by atoms with Gasteiger partial charge in [0.05, 0.1) is 11.6 Å². The number of hydrogen-bond acceptors (Lipinski definition) is 2. The fraction of sp³-hybridized carbons (Fsp3) is 0.417. The Morgan fingerprint density at radius 2 is 1.82 bits per heavy atom. The molecular weight excluding hydrogens is 229 g/mol. The van der Waals surface area contributed by atoms with Crippen molar-refractivity contribution in [1.29, 1.82) is 5.26 Å². The van der Waals surface area contributed by atoms with Crippen LogP contribution in [0.15, 0.2) is 24.3 Å². The van der Waals surface area contributed by atoms with Crippen molar-refractivity contribution in [3.63, 3.8) is 0 Å². The zero-order valence-corrected chi connectivity index (χ0v) is 9.46. The molecule has 0 aromatic heterocycles. The summed E-state index contributed by atoms with van der Waals surface area (Å²) in [5.41, 5.74) is 0.166. The van der Waals surface area contributed by atoms with E-state index in [1.54, 1.807) is 0 Å². The summed E-state index contributed by atoms with van der Waals surface area (Å²) in [6, 6.07) is 7.10. The van der Waals surface area contributed by atoms with Crippen LogP contribution < -0.4 is 0 Å². The first-order valence-corrected chi connectivity index (χ1v) is 5.15. The minimum Gasteiger partial charge on any atom is -0.301 e. The van der Waals surface area contributed by atoms with Crippen molar-refractivity contribution in [1.82, 2.24) is 4.90 Å². The van der Waals surface area contributed by atoms with Gasteiger partial charge in [-0.1, -0.05) is 12.1 Å². The second-order valence-corrected chi connectivity index (χ2v) is 3.84. The lowest BCUT2D eigenvalue weighted by molar-refractivity contribution is -0.137. The van der Waals surface area contributed by atoms with E-state index in [4.69, 9.17) is 5.26 Å². The number of rotatable bonds is 4. The van der Waals surface area contributed by atoms with Crippen LogP contribution >= 0.6 is 0 Å². The molecule has 0 radical (unpaired) electrons. The predicted molar refractivity (Wildman–Crippen MR) is 58.0 cm³/mol. The minimum absolute atomic E-state index is 0.414. The topological polar surface area (TPSA) is 27.0 Å². The molecular formula is C12H13F3N2. The molecule has 0 aliphatic rings. The van der Waals surface area contributed by atoms with Crippen molar-refractivity contribution in [2.45, 2.75) is 19.1 Å². The van der Waals surface area contributed by atoms with Crippen molar-refractivity contribution in [2.75, 3.05) is 13.6 Å². The number of halogens is 3. The summed E-state index contributed by atoms with van der Waals surface area (Å²) >= 11 is 0. The van der Waals surface area contributed by atoms with E-state index >= 15 is 0 Å². The van der Waals surface area contributed by atoms with Crippen LogP contribution in [0.4, 0.5) is 13.2 Å². The Balaban J connectivity index is 2.60. The van der Waals surface area contributed by atoms with E-state index in [9.17, 15) is 13.2 Å². The molecule has 0 unspecified atom stereocenters. The highest BCUT2D eigenvalue weighted by molar-refractivity contribution is 5.24. The third-order valence-corrected chi connectivity index (χ3v) is 2.34. The third kappa shape index (κ3) is 4.45. The molecule has 92 valence electrons. The summed E-state index contributed by atoms with van der Waals surface area (Å²) in [6.07, 6.45) is -3.87. The van der Waals surface area contributed by atoms with Gasteiger partial charge in [0.15, 0.2) is 0 Å². The number of nitrogens with zero attached hydrogens (tertiary/aromatic N) is 2. The van der Waals surface area contributed by atoms with Crippen LogP contribution in [-0.2, 0) is 12.7 Å². The fourth-order valence-corrected chi connectivity index (χ4v) is 1.43. The van der Waals surface area contributed by atoms with Gasteiger partial charge in [-0.25, -0.2) is 0 Å². The minimum atomic E-state index is -4.29. The second kappa shape index (κ2) is 5.69. The third-order valence-electron chi connectivity index (χ3n) is 2.34. The van der Waals surface area contributed by atoms with Crippen LogP contribution in [0.5, 0.6) is 0 Å². The number of alkyl halides is 3. The van der Waals surface area contributed by atoms with Crippen molar-refractivity contribution in [3.8, 4) is 6.07 Å². The Labute approximate surface area is 98.3 Å². The van der Waals surface area contributed by atoms with Crippen LogP contribution in [0.25, 0.3) is 0 Å². The molecule has 0 fully saturated rings. The maximum Gasteiger partial charge on any atom is 0.416 e. The summed E-state index contributed by atoms with van der Waals surface area (Å²) in [4.78, 5) is 1.89. The average Bonchev–Trinajstić information content (AvgIpc) is 2.26. The molecule has 2 nitrogen and oxygen atoms in total. The number of benzene rings is 1. The van der Waals surface area contributed by atoms with Crippen LogP contribution in [0.3, 0.4) is 0 Å². The van der Waals surface area contributed by atoms with Crippen LogP contribution in [0.1, 0.15) is 17.5 Å². The smallest absolute Gasteiger partial charge is 0.301 e. The standard InChI is InChI=1S/C12H13F3N2/c1-17(8-2-7-16)9-10-3-5-11(6-4-10)12(13,14)15/h3-6H,2,8-9H2,1H3. The van der Waals surface area contributed by atoms with Crippen LogP contribution in [0.2, 0.25) is 0 Å². The molecule has 0 aliphatic heterocycles. The van der Waals surface area contributed by atoms with Gasteiger partial charge in [-0.05, 0) is 24.7 Å². The van der Waals surface area contributed by atoms with Crippen LogP contribution in [0, 0.1) is 11.3 Å². The summed E-state index contributed by atoms with van der Waals surface area (Å²) in [5, 5.41) is 8.41. The van der Waals surface area contributed by atoms with E-state index in [-0.39, 0.29) is 0 Å². The molecule has 1 aromatic carbocycles. The highest BCUT2D eigenvalue weighted by atomic mass is 19.4. The van der Waals surface area contributed by atoms with E-state index in [1.165, 1.54) is 12.1 Å². The van der Waals surface area contributed by atoms with E-state index in [0.29, 0.717) is 19.5 Å². The second-order valence-electron chi connectivity index (χ2n) is 3.84. The highest BCUT2D eigenvalue weighted by Crippen LogP contribution is 2.29. The van der Waals surface area contributed by atoms with Crippen LogP contribution in [-0.4, -0.2) is 18.5 Å². The van der Waals surface area contributed by atoms with Gasteiger partial charge >= 0.3 is 6.18 Å².